The van der Waals surface area contributed by atoms with Gasteiger partial charge in [-0.1, -0.05) is 37.6 Å². The SMILES string of the molecule is CC(C)c1ccc(N2CCC3(CC2)CC(C)N(c2ccc(C#N)c(Cl)c2)C3)cc1. The second kappa shape index (κ2) is 7.92. The monoisotopic (exact) mass is 407 g/mol. The van der Waals surface area contributed by atoms with Gasteiger partial charge in [0.05, 0.1) is 10.6 Å². The van der Waals surface area contributed by atoms with Gasteiger partial charge in [0.1, 0.15) is 6.07 Å². The van der Waals surface area contributed by atoms with Gasteiger partial charge in [-0.15, -0.1) is 0 Å². The van der Waals surface area contributed by atoms with Crippen LogP contribution in [0.2, 0.25) is 5.02 Å². The van der Waals surface area contributed by atoms with Crippen LogP contribution in [0, 0.1) is 16.7 Å². The molecule has 4 rings (SSSR count). The largest absolute Gasteiger partial charge is 0.371 e. The minimum atomic E-state index is 0.383. The van der Waals surface area contributed by atoms with Crippen LogP contribution in [0.4, 0.5) is 11.4 Å². The molecule has 2 aliphatic rings. The van der Waals surface area contributed by atoms with E-state index in [1.807, 2.05) is 18.2 Å². The average Bonchev–Trinajstić information content (AvgIpc) is 3.04. The van der Waals surface area contributed by atoms with E-state index in [9.17, 15) is 0 Å². The summed E-state index contributed by atoms with van der Waals surface area (Å²) in [6, 6.07) is 17.6. The van der Waals surface area contributed by atoms with Crippen LogP contribution >= 0.6 is 11.6 Å². The highest BCUT2D eigenvalue weighted by Gasteiger charge is 2.44. The standard InChI is InChI=1S/C25H30ClN3/c1-18(2)20-4-7-22(8-5-20)28-12-10-25(11-13-28)15-19(3)29(17-25)23-9-6-21(16-27)24(26)14-23/h4-9,14,18-19H,10-13,15,17H2,1-3H3. The van der Waals surface area contributed by atoms with Gasteiger partial charge in [0.25, 0.3) is 0 Å². The third kappa shape index (κ3) is 3.96. The van der Waals surface area contributed by atoms with E-state index in [0.29, 0.717) is 28.0 Å². The zero-order valence-electron chi connectivity index (χ0n) is 17.7. The van der Waals surface area contributed by atoms with Crippen molar-refractivity contribution in [3.05, 3.63) is 58.6 Å². The summed E-state index contributed by atoms with van der Waals surface area (Å²) in [7, 11) is 0. The molecular formula is C25H30ClN3. The summed E-state index contributed by atoms with van der Waals surface area (Å²) in [5.74, 6) is 0.579. The van der Waals surface area contributed by atoms with Crippen LogP contribution in [-0.2, 0) is 0 Å². The summed E-state index contributed by atoms with van der Waals surface area (Å²) < 4.78 is 0. The predicted octanol–water partition coefficient (Wildman–Crippen LogP) is 6.22. The number of nitriles is 1. The molecule has 0 saturated carbocycles. The summed E-state index contributed by atoms with van der Waals surface area (Å²) in [5, 5.41) is 9.69. The number of halogens is 1. The lowest BCUT2D eigenvalue weighted by atomic mass is 9.76. The molecule has 1 spiro atoms. The molecule has 1 atom stereocenters. The van der Waals surface area contributed by atoms with Crippen molar-refractivity contribution in [1.29, 1.82) is 5.26 Å². The van der Waals surface area contributed by atoms with Gasteiger partial charge in [-0.3, -0.25) is 0 Å². The molecular weight excluding hydrogens is 378 g/mol. The van der Waals surface area contributed by atoms with Gasteiger partial charge in [-0.2, -0.15) is 5.26 Å². The molecule has 0 radical (unpaired) electrons. The Bertz CT molecular complexity index is 905. The summed E-state index contributed by atoms with van der Waals surface area (Å²) in [5.41, 5.74) is 4.84. The number of anilines is 2. The molecule has 2 saturated heterocycles. The number of rotatable bonds is 3. The highest BCUT2D eigenvalue weighted by molar-refractivity contribution is 6.32. The fraction of sp³-hybridized carbons (Fsp3) is 0.480. The van der Waals surface area contributed by atoms with Crippen LogP contribution in [0.25, 0.3) is 0 Å². The Hall–Kier alpha value is -2.18. The van der Waals surface area contributed by atoms with Crippen molar-refractivity contribution in [1.82, 2.24) is 0 Å². The van der Waals surface area contributed by atoms with Gasteiger partial charge in [-0.05, 0) is 73.4 Å². The summed E-state index contributed by atoms with van der Waals surface area (Å²) in [4.78, 5) is 5.03. The fourth-order valence-corrected chi connectivity index (χ4v) is 5.33. The molecule has 2 aliphatic heterocycles. The lowest BCUT2D eigenvalue weighted by Gasteiger charge is -2.40. The van der Waals surface area contributed by atoms with Crippen molar-refractivity contribution in [2.24, 2.45) is 5.41 Å². The van der Waals surface area contributed by atoms with Crippen molar-refractivity contribution in [2.45, 2.75) is 52.0 Å². The lowest BCUT2D eigenvalue weighted by molar-refractivity contribution is 0.245. The molecule has 2 heterocycles. The van der Waals surface area contributed by atoms with Crippen molar-refractivity contribution >= 4 is 23.0 Å². The molecule has 0 aliphatic carbocycles. The van der Waals surface area contributed by atoms with Crippen LogP contribution in [0.1, 0.15) is 57.1 Å². The molecule has 1 unspecified atom stereocenters. The maximum atomic E-state index is 9.13. The van der Waals surface area contributed by atoms with E-state index in [1.54, 1.807) is 0 Å². The van der Waals surface area contributed by atoms with Crippen LogP contribution in [-0.4, -0.2) is 25.7 Å². The highest BCUT2D eigenvalue weighted by atomic mass is 35.5. The smallest absolute Gasteiger partial charge is 0.101 e. The first-order chi connectivity index (χ1) is 13.9. The molecule has 0 bridgehead atoms. The van der Waals surface area contributed by atoms with Crippen LogP contribution < -0.4 is 9.80 Å². The molecule has 29 heavy (non-hydrogen) atoms. The lowest BCUT2D eigenvalue weighted by Crippen LogP contribution is -2.41. The maximum absolute atomic E-state index is 9.13. The second-order valence-corrected chi connectivity index (χ2v) is 9.60. The Kier molecular flexibility index (Phi) is 5.49. The van der Waals surface area contributed by atoms with E-state index in [-0.39, 0.29) is 0 Å². The van der Waals surface area contributed by atoms with Crippen molar-refractivity contribution in [3.8, 4) is 6.07 Å². The Labute approximate surface area is 179 Å². The topological polar surface area (TPSA) is 30.3 Å². The Morgan fingerprint density at radius 3 is 2.31 bits per heavy atom. The van der Waals surface area contributed by atoms with E-state index in [1.165, 1.54) is 30.5 Å². The van der Waals surface area contributed by atoms with Crippen molar-refractivity contribution < 1.29 is 0 Å². The van der Waals surface area contributed by atoms with Crippen molar-refractivity contribution in [3.63, 3.8) is 0 Å². The molecule has 2 aromatic carbocycles. The molecule has 0 amide bonds. The molecule has 2 aromatic rings. The molecule has 4 heteroatoms. The Balaban J connectivity index is 1.43. The van der Waals surface area contributed by atoms with E-state index < -0.39 is 0 Å². The molecule has 0 aromatic heterocycles. The van der Waals surface area contributed by atoms with Gasteiger partial charge in [-0.25, -0.2) is 0 Å². The van der Waals surface area contributed by atoms with Crippen molar-refractivity contribution in [2.75, 3.05) is 29.4 Å². The normalized spacial score (nSPS) is 21.0. The summed E-state index contributed by atoms with van der Waals surface area (Å²) >= 11 is 6.29. The number of hydrogen-bond acceptors (Lipinski definition) is 3. The Morgan fingerprint density at radius 2 is 1.72 bits per heavy atom. The third-order valence-electron chi connectivity index (χ3n) is 6.92. The van der Waals surface area contributed by atoms with Gasteiger partial charge < -0.3 is 9.80 Å². The minimum absolute atomic E-state index is 0.383. The van der Waals surface area contributed by atoms with Gasteiger partial charge in [0.15, 0.2) is 0 Å². The molecule has 3 nitrogen and oxygen atoms in total. The van der Waals surface area contributed by atoms with Crippen LogP contribution in [0.5, 0.6) is 0 Å². The summed E-state index contributed by atoms with van der Waals surface area (Å²) in [6.07, 6.45) is 3.68. The zero-order valence-corrected chi connectivity index (χ0v) is 18.4. The highest BCUT2D eigenvalue weighted by Crippen LogP contribution is 2.46. The maximum Gasteiger partial charge on any atom is 0.101 e. The van der Waals surface area contributed by atoms with E-state index in [2.05, 4.69) is 60.9 Å². The molecule has 0 N–H and O–H groups in total. The third-order valence-corrected chi connectivity index (χ3v) is 7.23. The van der Waals surface area contributed by atoms with Gasteiger partial charge >= 0.3 is 0 Å². The first-order valence-corrected chi connectivity index (χ1v) is 11.1. The molecule has 152 valence electrons. The van der Waals surface area contributed by atoms with Crippen LogP contribution in [0.3, 0.4) is 0 Å². The average molecular weight is 408 g/mol. The van der Waals surface area contributed by atoms with Gasteiger partial charge in [0.2, 0.25) is 0 Å². The van der Waals surface area contributed by atoms with Crippen LogP contribution in [0.15, 0.2) is 42.5 Å². The van der Waals surface area contributed by atoms with E-state index >= 15 is 0 Å². The Morgan fingerprint density at radius 1 is 1.07 bits per heavy atom. The summed E-state index contributed by atoms with van der Waals surface area (Å²) in [6.45, 7) is 10.1. The van der Waals surface area contributed by atoms with E-state index in [4.69, 9.17) is 16.9 Å². The number of hydrogen-bond donors (Lipinski definition) is 0. The number of nitrogens with zero attached hydrogens (tertiary/aromatic N) is 3. The number of benzene rings is 2. The van der Waals surface area contributed by atoms with Gasteiger partial charge in [0, 0.05) is 37.1 Å². The first-order valence-electron chi connectivity index (χ1n) is 10.7. The fourth-order valence-electron chi connectivity index (χ4n) is 5.11. The predicted molar refractivity (Wildman–Crippen MR) is 122 cm³/mol. The second-order valence-electron chi connectivity index (χ2n) is 9.19. The number of piperidine rings is 1. The molecule has 2 fully saturated rings. The van der Waals surface area contributed by atoms with E-state index in [0.717, 1.165) is 25.3 Å². The quantitative estimate of drug-likeness (QED) is 0.604. The minimum Gasteiger partial charge on any atom is -0.371 e. The first kappa shape index (κ1) is 20.1. The zero-order chi connectivity index (χ0) is 20.6.